The number of aryl methyl sites for hydroxylation is 3. The van der Waals surface area contributed by atoms with Crippen LogP contribution in [0.4, 0.5) is 0 Å². The lowest BCUT2D eigenvalue weighted by molar-refractivity contribution is 0.645. The largest absolute Gasteiger partial charge is 0.268 e. The second-order valence-electron chi connectivity index (χ2n) is 7.10. The van der Waals surface area contributed by atoms with Gasteiger partial charge in [0.25, 0.3) is 5.56 Å². The second kappa shape index (κ2) is 6.84. The van der Waals surface area contributed by atoms with Crippen molar-refractivity contribution in [3.8, 4) is 11.3 Å². The van der Waals surface area contributed by atoms with E-state index in [2.05, 4.69) is 62.3 Å². The highest BCUT2D eigenvalue weighted by Gasteiger charge is 2.09. The lowest BCUT2D eigenvalue weighted by Gasteiger charge is -2.12. The molecule has 3 nitrogen and oxygen atoms in total. The Balaban J connectivity index is 1.80. The highest BCUT2D eigenvalue weighted by Crippen LogP contribution is 2.24. The van der Waals surface area contributed by atoms with E-state index in [0.717, 1.165) is 22.2 Å². The Hall–Kier alpha value is -3.20. The van der Waals surface area contributed by atoms with E-state index in [9.17, 15) is 4.79 Å². The molecule has 1 heterocycles. The van der Waals surface area contributed by atoms with Crippen molar-refractivity contribution in [1.82, 2.24) is 9.78 Å². The molecule has 0 aliphatic heterocycles. The average molecular weight is 354 g/mol. The van der Waals surface area contributed by atoms with Gasteiger partial charge in [-0.05, 0) is 65.9 Å². The third-order valence-corrected chi connectivity index (χ3v) is 5.18. The first kappa shape index (κ1) is 17.2. The van der Waals surface area contributed by atoms with Crippen LogP contribution >= 0.6 is 0 Å². The highest BCUT2D eigenvalue weighted by molar-refractivity contribution is 5.85. The molecular weight excluding hydrogens is 332 g/mol. The summed E-state index contributed by atoms with van der Waals surface area (Å²) in [6.07, 6.45) is 0. The lowest BCUT2D eigenvalue weighted by atomic mass is 9.99. The van der Waals surface area contributed by atoms with Crippen LogP contribution in [0.3, 0.4) is 0 Å². The van der Waals surface area contributed by atoms with E-state index >= 15 is 0 Å². The van der Waals surface area contributed by atoms with E-state index in [4.69, 9.17) is 0 Å². The summed E-state index contributed by atoms with van der Waals surface area (Å²) in [7, 11) is 0. The van der Waals surface area contributed by atoms with Crippen molar-refractivity contribution in [2.24, 2.45) is 0 Å². The Morgan fingerprint density at radius 1 is 0.815 bits per heavy atom. The monoisotopic (exact) mass is 354 g/mol. The van der Waals surface area contributed by atoms with Gasteiger partial charge in [-0.1, -0.05) is 48.5 Å². The number of hydrogen-bond acceptors (Lipinski definition) is 2. The summed E-state index contributed by atoms with van der Waals surface area (Å²) in [6, 6.07) is 22.2. The van der Waals surface area contributed by atoms with E-state index in [-0.39, 0.29) is 5.56 Å². The first-order chi connectivity index (χ1) is 13.0. The maximum atomic E-state index is 12.4. The zero-order valence-electron chi connectivity index (χ0n) is 15.9. The van der Waals surface area contributed by atoms with Crippen LogP contribution in [0.1, 0.15) is 22.3 Å². The number of rotatable bonds is 3. The number of hydrogen-bond donors (Lipinski definition) is 0. The van der Waals surface area contributed by atoms with Gasteiger partial charge in [0, 0.05) is 11.6 Å². The zero-order chi connectivity index (χ0) is 19.0. The lowest BCUT2D eigenvalue weighted by Crippen LogP contribution is -2.23. The van der Waals surface area contributed by atoms with Crippen molar-refractivity contribution in [1.29, 1.82) is 0 Å². The fraction of sp³-hybridized carbons (Fsp3) is 0.167. The molecule has 27 heavy (non-hydrogen) atoms. The van der Waals surface area contributed by atoms with Crippen LogP contribution in [0.2, 0.25) is 0 Å². The summed E-state index contributed by atoms with van der Waals surface area (Å²) in [5.74, 6) is 0. The minimum atomic E-state index is -0.0897. The van der Waals surface area contributed by atoms with Gasteiger partial charge < -0.3 is 0 Å². The first-order valence-corrected chi connectivity index (χ1v) is 9.16. The van der Waals surface area contributed by atoms with Gasteiger partial charge in [-0.2, -0.15) is 5.10 Å². The Bertz CT molecular complexity index is 1200. The molecule has 0 spiro atoms. The van der Waals surface area contributed by atoms with Crippen LogP contribution in [-0.4, -0.2) is 9.78 Å². The van der Waals surface area contributed by atoms with E-state index in [0.29, 0.717) is 6.54 Å². The van der Waals surface area contributed by atoms with Gasteiger partial charge in [-0.15, -0.1) is 0 Å². The van der Waals surface area contributed by atoms with Crippen molar-refractivity contribution in [3.05, 3.63) is 99.3 Å². The minimum absolute atomic E-state index is 0.0897. The number of nitrogens with zero attached hydrogens (tertiary/aromatic N) is 2. The van der Waals surface area contributed by atoms with E-state index in [1.54, 1.807) is 10.7 Å². The van der Waals surface area contributed by atoms with Gasteiger partial charge in [0.2, 0.25) is 0 Å². The predicted octanol–water partition coefficient (Wildman–Crippen LogP) is 5.04. The molecule has 0 aliphatic rings. The quantitative estimate of drug-likeness (QED) is 0.517. The molecule has 0 saturated carbocycles. The van der Waals surface area contributed by atoms with Crippen LogP contribution in [0.5, 0.6) is 0 Å². The Kier molecular flexibility index (Phi) is 4.36. The third kappa shape index (κ3) is 3.28. The molecule has 3 aromatic carbocycles. The maximum Gasteiger partial charge on any atom is 0.267 e. The first-order valence-electron chi connectivity index (χ1n) is 9.16. The van der Waals surface area contributed by atoms with Crippen LogP contribution in [-0.2, 0) is 6.54 Å². The summed E-state index contributed by atoms with van der Waals surface area (Å²) >= 11 is 0. The Morgan fingerprint density at radius 3 is 2.41 bits per heavy atom. The Labute approximate surface area is 158 Å². The van der Waals surface area contributed by atoms with Crippen LogP contribution < -0.4 is 5.56 Å². The van der Waals surface area contributed by atoms with Gasteiger partial charge in [0.1, 0.15) is 0 Å². The molecule has 0 atom stereocenters. The fourth-order valence-corrected chi connectivity index (χ4v) is 3.53. The minimum Gasteiger partial charge on any atom is -0.268 e. The van der Waals surface area contributed by atoms with E-state index in [1.165, 1.54) is 22.1 Å². The summed E-state index contributed by atoms with van der Waals surface area (Å²) in [5, 5.41) is 7.01. The van der Waals surface area contributed by atoms with Crippen LogP contribution in [0.25, 0.3) is 22.0 Å². The van der Waals surface area contributed by atoms with Crippen molar-refractivity contribution in [2.45, 2.75) is 27.3 Å². The van der Waals surface area contributed by atoms with Gasteiger partial charge >= 0.3 is 0 Å². The highest BCUT2D eigenvalue weighted by atomic mass is 16.1. The Morgan fingerprint density at radius 2 is 1.56 bits per heavy atom. The van der Waals surface area contributed by atoms with Gasteiger partial charge in [0.05, 0.1) is 12.2 Å². The molecule has 134 valence electrons. The molecular formula is C24H22N2O. The molecule has 0 bridgehead atoms. The average Bonchev–Trinajstić information content (AvgIpc) is 2.67. The molecule has 0 amide bonds. The van der Waals surface area contributed by atoms with Crippen LogP contribution in [0, 0.1) is 20.8 Å². The zero-order valence-corrected chi connectivity index (χ0v) is 15.9. The normalized spacial score (nSPS) is 11.1. The van der Waals surface area contributed by atoms with Gasteiger partial charge in [0.15, 0.2) is 0 Å². The summed E-state index contributed by atoms with van der Waals surface area (Å²) < 4.78 is 1.56. The molecule has 0 fully saturated rings. The molecule has 4 rings (SSSR count). The van der Waals surface area contributed by atoms with E-state index < -0.39 is 0 Å². The molecule has 0 aliphatic carbocycles. The molecule has 4 aromatic rings. The number of aromatic nitrogens is 2. The smallest absolute Gasteiger partial charge is 0.267 e. The number of fused-ring (bicyclic) bond motifs is 1. The molecule has 0 unspecified atom stereocenters. The molecule has 1 aromatic heterocycles. The fourth-order valence-electron chi connectivity index (χ4n) is 3.53. The number of benzene rings is 3. The SMILES string of the molecule is Cc1cc(C)c(-c2ccc(=O)n(Cc3cccc4ccccc34)n2)cc1C. The van der Waals surface area contributed by atoms with Crippen LogP contribution in [0.15, 0.2) is 71.5 Å². The van der Waals surface area contributed by atoms with Crippen molar-refractivity contribution >= 4 is 10.8 Å². The predicted molar refractivity (Wildman–Crippen MR) is 111 cm³/mol. The molecule has 0 saturated heterocycles. The summed E-state index contributed by atoms with van der Waals surface area (Å²) in [5.41, 5.74) is 6.57. The summed E-state index contributed by atoms with van der Waals surface area (Å²) in [4.78, 5) is 12.4. The molecule has 0 radical (unpaired) electrons. The van der Waals surface area contributed by atoms with Crippen molar-refractivity contribution in [2.75, 3.05) is 0 Å². The molecule has 0 N–H and O–H groups in total. The van der Waals surface area contributed by atoms with Crippen molar-refractivity contribution in [3.63, 3.8) is 0 Å². The third-order valence-electron chi connectivity index (χ3n) is 5.18. The maximum absolute atomic E-state index is 12.4. The topological polar surface area (TPSA) is 34.9 Å². The van der Waals surface area contributed by atoms with Gasteiger partial charge in [-0.3, -0.25) is 4.79 Å². The van der Waals surface area contributed by atoms with Gasteiger partial charge in [-0.25, -0.2) is 4.68 Å². The molecule has 3 heteroatoms. The summed E-state index contributed by atoms with van der Waals surface area (Å²) in [6.45, 7) is 6.76. The van der Waals surface area contributed by atoms with E-state index in [1.807, 2.05) is 24.3 Å². The standard InChI is InChI=1S/C24H22N2O/c1-16-13-18(3)22(14-17(16)2)23-11-12-24(27)26(25-23)15-20-9-6-8-19-7-4-5-10-21(19)20/h4-14H,15H2,1-3H3. The van der Waals surface area contributed by atoms with Crippen molar-refractivity contribution < 1.29 is 0 Å². The second-order valence-corrected chi connectivity index (χ2v) is 7.10.